The highest BCUT2D eigenvalue weighted by atomic mass is 19.1. The van der Waals surface area contributed by atoms with Crippen molar-refractivity contribution in [2.75, 3.05) is 32.1 Å². The fourth-order valence-electron chi connectivity index (χ4n) is 2.67. The van der Waals surface area contributed by atoms with Crippen LogP contribution in [-0.4, -0.2) is 43.6 Å². The van der Waals surface area contributed by atoms with Gasteiger partial charge in [-0.2, -0.15) is 0 Å². The first-order valence-corrected chi connectivity index (χ1v) is 8.43. The highest BCUT2D eigenvalue weighted by molar-refractivity contribution is 6.01. The molecule has 3 rings (SSSR count). The molecule has 8 heteroatoms. The second-order valence-corrected chi connectivity index (χ2v) is 6.12. The molecule has 0 aliphatic carbocycles. The standard InChI is InChI=1S/C19H20FN3O4/c1-23(11-13-4-2-3-5-15(13)20)12-18(24)22-19(25)21-14-6-7-16-17(10-14)27-9-8-26-16/h2-7,10H,8-9,11-12H2,1H3,(H2,21,22,24,25). The summed E-state index contributed by atoms with van der Waals surface area (Å²) < 4.78 is 24.5. The molecule has 1 aliphatic heterocycles. The molecule has 0 spiro atoms. The van der Waals surface area contributed by atoms with E-state index in [0.717, 1.165) is 0 Å². The van der Waals surface area contributed by atoms with Crippen LogP contribution in [-0.2, 0) is 11.3 Å². The summed E-state index contributed by atoms with van der Waals surface area (Å²) >= 11 is 0. The molecular weight excluding hydrogens is 353 g/mol. The van der Waals surface area contributed by atoms with Gasteiger partial charge in [0.1, 0.15) is 19.0 Å². The summed E-state index contributed by atoms with van der Waals surface area (Å²) in [5.41, 5.74) is 0.956. The lowest BCUT2D eigenvalue weighted by atomic mass is 10.2. The number of nitrogens with zero attached hydrogens (tertiary/aromatic N) is 1. The summed E-state index contributed by atoms with van der Waals surface area (Å²) in [6.45, 7) is 1.12. The van der Waals surface area contributed by atoms with Crippen molar-refractivity contribution in [1.29, 1.82) is 0 Å². The van der Waals surface area contributed by atoms with Crippen LogP contribution >= 0.6 is 0 Å². The maximum absolute atomic E-state index is 13.6. The minimum Gasteiger partial charge on any atom is -0.486 e. The second-order valence-electron chi connectivity index (χ2n) is 6.12. The Balaban J connectivity index is 1.49. The summed E-state index contributed by atoms with van der Waals surface area (Å²) in [5, 5.41) is 4.81. The van der Waals surface area contributed by atoms with Crippen molar-refractivity contribution in [3.05, 3.63) is 53.8 Å². The number of nitrogens with one attached hydrogen (secondary N) is 2. The van der Waals surface area contributed by atoms with Gasteiger partial charge < -0.3 is 14.8 Å². The van der Waals surface area contributed by atoms with Crippen molar-refractivity contribution in [2.24, 2.45) is 0 Å². The van der Waals surface area contributed by atoms with Gasteiger partial charge in [-0.3, -0.25) is 15.0 Å². The van der Waals surface area contributed by atoms with Crippen molar-refractivity contribution in [1.82, 2.24) is 10.2 Å². The van der Waals surface area contributed by atoms with E-state index in [-0.39, 0.29) is 18.9 Å². The van der Waals surface area contributed by atoms with Crippen LogP contribution < -0.4 is 20.1 Å². The topological polar surface area (TPSA) is 79.9 Å². The summed E-state index contributed by atoms with van der Waals surface area (Å²) in [4.78, 5) is 25.6. The molecule has 0 unspecified atom stereocenters. The molecule has 0 aromatic heterocycles. The number of amides is 3. The van der Waals surface area contributed by atoms with E-state index < -0.39 is 11.9 Å². The Bertz CT molecular complexity index is 843. The Morgan fingerprint density at radius 2 is 1.85 bits per heavy atom. The number of likely N-dealkylation sites (N-methyl/N-ethyl adjacent to an activating group) is 1. The molecule has 3 amide bonds. The molecule has 0 saturated heterocycles. The number of benzene rings is 2. The van der Waals surface area contributed by atoms with Crippen LogP contribution in [0.3, 0.4) is 0 Å². The van der Waals surface area contributed by atoms with E-state index in [4.69, 9.17) is 9.47 Å². The van der Waals surface area contributed by atoms with Crippen molar-refractivity contribution in [3.63, 3.8) is 0 Å². The Kier molecular flexibility index (Phi) is 5.87. The lowest BCUT2D eigenvalue weighted by Crippen LogP contribution is -2.40. The first-order valence-electron chi connectivity index (χ1n) is 8.43. The minimum absolute atomic E-state index is 0.0527. The first kappa shape index (κ1) is 18.7. The van der Waals surface area contributed by atoms with E-state index in [9.17, 15) is 14.0 Å². The van der Waals surface area contributed by atoms with E-state index in [1.54, 1.807) is 48.3 Å². The summed E-state index contributed by atoms with van der Waals surface area (Å²) in [6.07, 6.45) is 0. The van der Waals surface area contributed by atoms with Crippen molar-refractivity contribution < 1.29 is 23.5 Å². The van der Waals surface area contributed by atoms with Crippen molar-refractivity contribution in [3.8, 4) is 11.5 Å². The molecule has 2 aromatic rings. The van der Waals surface area contributed by atoms with Crippen LogP contribution in [0.15, 0.2) is 42.5 Å². The van der Waals surface area contributed by atoms with E-state index >= 15 is 0 Å². The largest absolute Gasteiger partial charge is 0.486 e. The number of halogens is 1. The van der Waals surface area contributed by atoms with Gasteiger partial charge in [-0.25, -0.2) is 9.18 Å². The van der Waals surface area contributed by atoms with Gasteiger partial charge in [-0.15, -0.1) is 0 Å². The van der Waals surface area contributed by atoms with Crippen LogP contribution in [0, 0.1) is 5.82 Å². The summed E-state index contributed by atoms with van der Waals surface area (Å²) in [5.74, 6) is 0.318. The van der Waals surface area contributed by atoms with E-state index in [0.29, 0.717) is 36.0 Å². The zero-order chi connectivity index (χ0) is 19.2. The molecule has 0 bridgehead atoms. The van der Waals surface area contributed by atoms with Gasteiger partial charge >= 0.3 is 6.03 Å². The molecule has 1 aliphatic rings. The number of imide groups is 1. The molecule has 7 nitrogen and oxygen atoms in total. The average molecular weight is 373 g/mol. The van der Waals surface area contributed by atoms with E-state index in [1.165, 1.54) is 6.07 Å². The smallest absolute Gasteiger partial charge is 0.325 e. The monoisotopic (exact) mass is 373 g/mol. The van der Waals surface area contributed by atoms with Gasteiger partial charge in [0.2, 0.25) is 5.91 Å². The van der Waals surface area contributed by atoms with Crippen LogP contribution in [0.5, 0.6) is 11.5 Å². The number of urea groups is 1. The highest BCUT2D eigenvalue weighted by Gasteiger charge is 2.15. The number of anilines is 1. The second kappa shape index (κ2) is 8.50. The first-order chi connectivity index (χ1) is 13.0. The Morgan fingerprint density at radius 1 is 1.11 bits per heavy atom. The Hall–Kier alpha value is -3.13. The van der Waals surface area contributed by atoms with E-state index in [1.807, 2.05) is 0 Å². The van der Waals surface area contributed by atoms with Crippen LogP contribution in [0.1, 0.15) is 5.56 Å². The quantitative estimate of drug-likeness (QED) is 0.841. The maximum Gasteiger partial charge on any atom is 0.325 e. The number of carbonyl (C=O) groups is 2. The number of ether oxygens (including phenoxy) is 2. The fourth-order valence-corrected chi connectivity index (χ4v) is 2.67. The molecule has 0 saturated carbocycles. The predicted octanol–water partition coefficient (Wildman–Crippen LogP) is 2.38. The Labute approximate surface area is 156 Å². The third kappa shape index (κ3) is 5.18. The molecule has 2 aromatic carbocycles. The molecule has 142 valence electrons. The number of hydrogen-bond donors (Lipinski definition) is 2. The lowest BCUT2D eigenvalue weighted by Gasteiger charge is -2.19. The van der Waals surface area contributed by atoms with Crippen LogP contribution in [0.4, 0.5) is 14.9 Å². The van der Waals surface area contributed by atoms with Gasteiger partial charge in [-0.1, -0.05) is 18.2 Å². The molecule has 1 heterocycles. The van der Waals surface area contributed by atoms with Crippen LogP contribution in [0.25, 0.3) is 0 Å². The third-order valence-corrected chi connectivity index (χ3v) is 3.86. The van der Waals surface area contributed by atoms with Crippen LogP contribution in [0.2, 0.25) is 0 Å². The summed E-state index contributed by atoms with van der Waals surface area (Å²) in [7, 11) is 1.67. The maximum atomic E-state index is 13.6. The molecule has 0 atom stereocenters. The van der Waals surface area contributed by atoms with Gasteiger partial charge in [-0.05, 0) is 25.2 Å². The predicted molar refractivity (Wildman–Crippen MR) is 97.3 cm³/mol. The SMILES string of the molecule is CN(CC(=O)NC(=O)Nc1ccc2c(c1)OCCO2)Cc1ccccc1F. The lowest BCUT2D eigenvalue weighted by molar-refractivity contribution is -0.120. The van der Waals surface area contributed by atoms with Gasteiger partial charge in [0.15, 0.2) is 11.5 Å². The number of hydrogen-bond acceptors (Lipinski definition) is 5. The zero-order valence-electron chi connectivity index (χ0n) is 14.8. The van der Waals surface area contributed by atoms with Gasteiger partial charge in [0.25, 0.3) is 0 Å². The third-order valence-electron chi connectivity index (χ3n) is 3.86. The normalized spacial score (nSPS) is 12.6. The fraction of sp³-hybridized carbons (Fsp3) is 0.263. The zero-order valence-corrected chi connectivity index (χ0v) is 14.8. The number of carbonyl (C=O) groups excluding carboxylic acids is 2. The van der Waals surface area contributed by atoms with Crippen molar-refractivity contribution >= 4 is 17.6 Å². The molecule has 2 N–H and O–H groups in total. The molecule has 0 radical (unpaired) electrons. The van der Waals surface area contributed by atoms with Crippen molar-refractivity contribution in [2.45, 2.75) is 6.54 Å². The number of fused-ring (bicyclic) bond motifs is 1. The summed E-state index contributed by atoms with van der Waals surface area (Å²) in [6, 6.07) is 10.7. The molecular formula is C19H20FN3O4. The number of rotatable bonds is 5. The van der Waals surface area contributed by atoms with Gasteiger partial charge in [0.05, 0.1) is 6.54 Å². The molecule has 27 heavy (non-hydrogen) atoms. The molecule has 0 fully saturated rings. The Morgan fingerprint density at radius 3 is 2.63 bits per heavy atom. The highest BCUT2D eigenvalue weighted by Crippen LogP contribution is 2.32. The average Bonchev–Trinajstić information content (AvgIpc) is 2.63. The minimum atomic E-state index is -0.657. The van der Waals surface area contributed by atoms with E-state index in [2.05, 4.69) is 10.6 Å². The van der Waals surface area contributed by atoms with Gasteiger partial charge in [0, 0.05) is 23.9 Å².